The Morgan fingerprint density at radius 3 is 2.57 bits per heavy atom. The van der Waals surface area contributed by atoms with Crippen LogP contribution in [0.25, 0.3) is 26.9 Å². The van der Waals surface area contributed by atoms with E-state index in [2.05, 4.69) is 31.2 Å². The molecule has 2 aromatic heterocycles. The number of aromatic nitrogens is 4. The van der Waals surface area contributed by atoms with Gasteiger partial charge in [0.1, 0.15) is 5.01 Å². The average molecular weight is 504 g/mol. The van der Waals surface area contributed by atoms with Gasteiger partial charge in [0, 0.05) is 28.7 Å². The van der Waals surface area contributed by atoms with E-state index >= 15 is 0 Å². The molecule has 0 amide bonds. The molecule has 5 rings (SSSR count). The molecule has 0 radical (unpaired) electrons. The summed E-state index contributed by atoms with van der Waals surface area (Å²) in [7, 11) is -3.50. The lowest BCUT2D eigenvalue weighted by Crippen LogP contribution is -2.35. The topological polar surface area (TPSA) is 80.5 Å². The molecule has 3 heterocycles. The number of sulfonamides is 1. The number of piperidine rings is 1. The largest absolute Gasteiger partial charge is 0.243 e. The van der Waals surface area contributed by atoms with Crippen LogP contribution in [0.5, 0.6) is 0 Å². The van der Waals surface area contributed by atoms with Crippen molar-refractivity contribution in [2.24, 2.45) is 0 Å². The summed E-state index contributed by atoms with van der Waals surface area (Å²) in [6, 6.07) is 14.8. The third-order valence-electron chi connectivity index (χ3n) is 5.14. The van der Waals surface area contributed by atoms with E-state index in [4.69, 9.17) is 0 Å². The predicted molar refractivity (Wildman–Crippen MR) is 120 cm³/mol. The molecule has 0 saturated carbocycles. The van der Waals surface area contributed by atoms with Gasteiger partial charge in [0.05, 0.1) is 4.90 Å². The fourth-order valence-electron chi connectivity index (χ4n) is 3.59. The maximum absolute atomic E-state index is 13.0. The molecule has 0 aliphatic carbocycles. The summed E-state index contributed by atoms with van der Waals surface area (Å²) in [5.41, 5.74) is 1.64. The number of rotatable bonds is 4. The van der Waals surface area contributed by atoms with Gasteiger partial charge in [-0.2, -0.15) is 13.9 Å². The van der Waals surface area contributed by atoms with Gasteiger partial charge in [-0.15, -0.1) is 10.2 Å². The van der Waals surface area contributed by atoms with Crippen molar-refractivity contribution in [2.45, 2.75) is 24.2 Å². The van der Waals surface area contributed by atoms with Crippen LogP contribution in [-0.2, 0) is 10.0 Å². The Balaban J connectivity index is 1.54. The molecule has 0 spiro atoms. The fourth-order valence-corrected chi connectivity index (χ4v) is 6.45. The molecule has 4 aromatic rings. The Labute approximate surface area is 186 Å². The Hall–Kier alpha value is -2.14. The Morgan fingerprint density at radius 2 is 1.77 bits per heavy atom. The SMILES string of the molecule is O=S(=O)(c1cccc(-c2nn3c(-c4ccccc4Br)nnc3s2)c1)N1CCCCC1. The molecule has 10 heteroatoms. The maximum Gasteiger partial charge on any atom is 0.243 e. The summed E-state index contributed by atoms with van der Waals surface area (Å²) in [6.45, 7) is 1.16. The van der Waals surface area contributed by atoms with E-state index in [9.17, 15) is 8.42 Å². The zero-order valence-electron chi connectivity index (χ0n) is 15.9. The van der Waals surface area contributed by atoms with Gasteiger partial charge < -0.3 is 0 Å². The van der Waals surface area contributed by atoms with E-state index in [0.29, 0.717) is 33.8 Å². The molecule has 0 bridgehead atoms. The normalized spacial score (nSPS) is 15.6. The van der Waals surface area contributed by atoms with Crippen molar-refractivity contribution in [1.29, 1.82) is 0 Å². The van der Waals surface area contributed by atoms with Crippen LogP contribution < -0.4 is 0 Å². The van der Waals surface area contributed by atoms with Crippen molar-refractivity contribution in [3.63, 3.8) is 0 Å². The summed E-state index contributed by atoms with van der Waals surface area (Å²) in [5.74, 6) is 0.636. The third-order valence-corrected chi connectivity index (χ3v) is 8.67. The minimum atomic E-state index is -3.50. The van der Waals surface area contributed by atoms with Crippen molar-refractivity contribution in [2.75, 3.05) is 13.1 Å². The van der Waals surface area contributed by atoms with E-state index in [0.717, 1.165) is 34.9 Å². The average Bonchev–Trinajstić information content (AvgIpc) is 3.36. The van der Waals surface area contributed by atoms with E-state index < -0.39 is 10.0 Å². The van der Waals surface area contributed by atoms with Gasteiger partial charge in [-0.25, -0.2) is 8.42 Å². The highest BCUT2D eigenvalue weighted by Gasteiger charge is 2.26. The van der Waals surface area contributed by atoms with Crippen LogP contribution in [0.15, 0.2) is 57.9 Å². The number of hydrogen-bond donors (Lipinski definition) is 0. The van der Waals surface area contributed by atoms with Gasteiger partial charge in [0.2, 0.25) is 15.0 Å². The van der Waals surface area contributed by atoms with Crippen LogP contribution in [0, 0.1) is 0 Å². The Morgan fingerprint density at radius 1 is 0.967 bits per heavy atom. The smallest absolute Gasteiger partial charge is 0.207 e. The Kier molecular flexibility index (Phi) is 5.18. The second kappa shape index (κ2) is 7.84. The molecule has 1 aliphatic rings. The summed E-state index contributed by atoms with van der Waals surface area (Å²) < 4.78 is 30.3. The second-order valence-corrected chi connectivity index (χ2v) is 10.8. The van der Waals surface area contributed by atoms with Gasteiger partial charge in [-0.3, -0.25) is 0 Å². The number of hydrogen-bond acceptors (Lipinski definition) is 6. The van der Waals surface area contributed by atoms with Gasteiger partial charge in [-0.1, -0.05) is 58.0 Å². The van der Waals surface area contributed by atoms with Crippen LogP contribution in [0.2, 0.25) is 0 Å². The van der Waals surface area contributed by atoms with E-state index in [1.807, 2.05) is 30.3 Å². The zero-order valence-corrected chi connectivity index (χ0v) is 19.1. The highest BCUT2D eigenvalue weighted by molar-refractivity contribution is 9.10. The maximum atomic E-state index is 13.0. The van der Waals surface area contributed by atoms with Crippen molar-refractivity contribution in [3.05, 3.63) is 53.0 Å². The molecule has 0 unspecified atom stereocenters. The number of halogens is 1. The minimum Gasteiger partial charge on any atom is -0.207 e. The van der Waals surface area contributed by atoms with E-state index in [-0.39, 0.29) is 0 Å². The molecule has 154 valence electrons. The second-order valence-electron chi connectivity index (χ2n) is 7.10. The summed E-state index contributed by atoms with van der Waals surface area (Å²) in [6.07, 6.45) is 2.90. The van der Waals surface area contributed by atoms with Gasteiger partial charge in [0.15, 0.2) is 5.82 Å². The number of nitrogens with zero attached hydrogens (tertiary/aromatic N) is 5. The van der Waals surface area contributed by atoms with Gasteiger partial charge in [0.25, 0.3) is 0 Å². The monoisotopic (exact) mass is 503 g/mol. The minimum absolute atomic E-state index is 0.305. The lowest BCUT2D eigenvalue weighted by molar-refractivity contribution is 0.346. The lowest BCUT2D eigenvalue weighted by Gasteiger charge is -2.25. The summed E-state index contributed by atoms with van der Waals surface area (Å²) in [5, 5.41) is 13.9. The summed E-state index contributed by atoms with van der Waals surface area (Å²) >= 11 is 4.93. The lowest BCUT2D eigenvalue weighted by atomic mass is 10.2. The van der Waals surface area contributed by atoms with E-state index in [1.165, 1.54) is 11.3 Å². The molecule has 1 saturated heterocycles. The number of fused-ring (bicyclic) bond motifs is 1. The third kappa shape index (κ3) is 3.47. The first kappa shape index (κ1) is 19.8. The van der Waals surface area contributed by atoms with Crippen LogP contribution in [0.3, 0.4) is 0 Å². The number of benzene rings is 2. The predicted octanol–water partition coefficient (Wildman–Crippen LogP) is 4.46. The molecule has 0 atom stereocenters. The molecule has 7 nitrogen and oxygen atoms in total. The quantitative estimate of drug-likeness (QED) is 0.410. The molecule has 2 aromatic carbocycles. The van der Waals surface area contributed by atoms with Crippen LogP contribution in [-0.4, -0.2) is 45.6 Å². The summed E-state index contributed by atoms with van der Waals surface area (Å²) in [4.78, 5) is 0.957. The first-order chi connectivity index (χ1) is 14.5. The van der Waals surface area contributed by atoms with Crippen molar-refractivity contribution >= 4 is 42.3 Å². The molecule has 0 N–H and O–H groups in total. The molecular weight excluding hydrogens is 486 g/mol. The molecular formula is C20H18BrN5O2S2. The molecule has 1 fully saturated rings. The standard InChI is InChI=1S/C20H18BrN5O2S2/c21-17-10-3-2-9-16(17)18-22-23-20-26(18)24-19(29-20)14-7-6-8-15(13-14)30(27,28)25-11-4-1-5-12-25/h2-3,6-10,13H,1,4-5,11-12H2. The van der Waals surface area contributed by atoms with Crippen LogP contribution in [0.4, 0.5) is 0 Å². The zero-order chi connectivity index (χ0) is 20.7. The first-order valence-corrected chi connectivity index (χ1v) is 12.7. The van der Waals surface area contributed by atoms with Gasteiger partial charge in [-0.05, 0) is 37.1 Å². The van der Waals surface area contributed by atoms with Gasteiger partial charge >= 0.3 is 0 Å². The highest BCUT2D eigenvalue weighted by Crippen LogP contribution is 2.32. The van der Waals surface area contributed by atoms with Crippen LogP contribution >= 0.6 is 27.3 Å². The van der Waals surface area contributed by atoms with E-state index in [1.54, 1.807) is 27.0 Å². The fraction of sp³-hybridized carbons (Fsp3) is 0.250. The first-order valence-electron chi connectivity index (χ1n) is 9.62. The van der Waals surface area contributed by atoms with Crippen molar-refractivity contribution < 1.29 is 8.42 Å². The van der Waals surface area contributed by atoms with Crippen molar-refractivity contribution in [3.8, 4) is 22.0 Å². The molecule has 30 heavy (non-hydrogen) atoms. The highest BCUT2D eigenvalue weighted by atomic mass is 79.9. The van der Waals surface area contributed by atoms with Crippen LogP contribution in [0.1, 0.15) is 19.3 Å². The molecule has 1 aliphatic heterocycles. The Bertz CT molecular complexity index is 1330. The van der Waals surface area contributed by atoms with Crippen molar-refractivity contribution in [1.82, 2.24) is 24.1 Å².